The minimum atomic E-state index is -0.457. The lowest BCUT2D eigenvalue weighted by atomic mass is 10.1. The van der Waals surface area contributed by atoms with Gasteiger partial charge in [0, 0.05) is 9.50 Å². The molecule has 0 aliphatic rings. The molecule has 1 amide bonds. The Bertz CT molecular complexity index is 338. The lowest BCUT2D eigenvalue weighted by Crippen LogP contribution is -2.12. The Hall–Kier alpha value is -0.540. The van der Waals surface area contributed by atoms with Crippen LogP contribution in [0, 0.1) is 6.92 Å². The van der Waals surface area contributed by atoms with E-state index in [4.69, 9.17) is 17.3 Å². The number of halogens is 2. The molecule has 0 heterocycles. The summed E-state index contributed by atoms with van der Waals surface area (Å²) in [4.78, 5) is 10.8. The second-order valence-electron chi connectivity index (χ2n) is 2.40. The normalized spacial score (nSPS) is 9.92. The Kier molecular flexibility index (Phi) is 2.75. The third kappa shape index (κ3) is 1.62. The smallest absolute Gasteiger partial charge is 0.249 e. The molecular weight excluding hydrogens is 241 g/mol. The fourth-order valence-corrected chi connectivity index (χ4v) is 1.66. The Morgan fingerprint density at radius 2 is 2.17 bits per heavy atom. The summed E-state index contributed by atoms with van der Waals surface area (Å²) in [7, 11) is 0. The number of amides is 1. The molecular formula is C8H7BrClNO. The van der Waals surface area contributed by atoms with Crippen LogP contribution in [-0.4, -0.2) is 5.91 Å². The van der Waals surface area contributed by atoms with Gasteiger partial charge < -0.3 is 5.73 Å². The van der Waals surface area contributed by atoms with Crippen LogP contribution in [0.25, 0.3) is 0 Å². The predicted octanol–water partition coefficient (Wildman–Crippen LogP) is 2.51. The van der Waals surface area contributed by atoms with E-state index in [1.54, 1.807) is 12.1 Å². The van der Waals surface area contributed by atoms with Gasteiger partial charge >= 0.3 is 0 Å². The second kappa shape index (κ2) is 3.46. The molecule has 0 spiro atoms. The van der Waals surface area contributed by atoms with E-state index in [1.165, 1.54) is 0 Å². The number of carbonyl (C=O) groups excluding carboxylic acids is 1. The van der Waals surface area contributed by atoms with E-state index in [9.17, 15) is 4.79 Å². The fourth-order valence-electron chi connectivity index (χ4n) is 0.852. The molecule has 0 fully saturated rings. The van der Waals surface area contributed by atoms with Crippen molar-refractivity contribution in [3.63, 3.8) is 0 Å². The highest BCUT2D eigenvalue weighted by Crippen LogP contribution is 2.27. The van der Waals surface area contributed by atoms with Crippen LogP contribution in [0.3, 0.4) is 0 Å². The molecule has 0 saturated heterocycles. The molecule has 0 atom stereocenters. The molecule has 0 aromatic heterocycles. The van der Waals surface area contributed by atoms with E-state index in [-0.39, 0.29) is 0 Å². The topological polar surface area (TPSA) is 43.1 Å². The molecule has 0 unspecified atom stereocenters. The van der Waals surface area contributed by atoms with Crippen molar-refractivity contribution < 1.29 is 4.79 Å². The monoisotopic (exact) mass is 247 g/mol. The van der Waals surface area contributed by atoms with E-state index in [0.717, 1.165) is 5.56 Å². The molecule has 12 heavy (non-hydrogen) atoms. The van der Waals surface area contributed by atoms with Crippen molar-refractivity contribution in [1.82, 2.24) is 0 Å². The first-order valence-electron chi connectivity index (χ1n) is 3.28. The summed E-state index contributed by atoms with van der Waals surface area (Å²) < 4.78 is 0.669. The van der Waals surface area contributed by atoms with E-state index in [1.807, 2.05) is 6.92 Å². The van der Waals surface area contributed by atoms with Gasteiger partial charge in [-0.1, -0.05) is 11.6 Å². The first-order chi connectivity index (χ1) is 5.54. The number of hydrogen-bond donors (Lipinski definition) is 1. The maximum atomic E-state index is 10.8. The van der Waals surface area contributed by atoms with Gasteiger partial charge in [-0.2, -0.15) is 0 Å². The summed E-state index contributed by atoms with van der Waals surface area (Å²) in [5, 5.41) is 0.617. The first kappa shape index (κ1) is 9.55. The second-order valence-corrected chi connectivity index (χ2v) is 3.60. The lowest BCUT2D eigenvalue weighted by molar-refractivity contribution is 0.0999. The molecule has 0 bridgehead atoms. The van der Waals surface area contributed by atoms with Gasteiger partial charge in [-0.15, -0.1) is 0 Å². The van der Waals surface area contributed by atoms with E-state index < -0.39 is 5.91 Å². The van der Waals surface area contributed by atoms with E-state index in [0.29, 0.717) is 15.1 Å². The zero-order chi connectivity index (χ0) is 9.30. The number of benzene rings is 1. The van der Waals surface area contributed by atoms with Crippen LogP contribution in [-0.2, 0) is 0 Å². The molecule has 2 N–H and O–H groups in total. The third-order valence-corrected chi connectivity index (χ3v) is 3.02. The lowest BCUT2D eigenvalue weighted by Gasteiger charge is -2.04. The summed E-state index contributed by atoms with van der Waals surface area (Å²) in [6, 6.07) is 3.25. The zero-order valence-electron chi connectivity index (χ0n) is 6.40. The number of rotatable bonds is 1. The van der Waals surface area contributed by atoms with Gasteiger partial charge in [0.15, 0.2) is 0 Å². The van der Waals surface area contributed by atoms with Crippen molar-refractivity contribution in [3.8, 4) is 0 Å². The van der Waals surface area contributed by atoms with Gasteiger partial charge in [0.2, 0.25) is 5.91 Å². The number of nitrogens with two attached hydrogens (primary N) is 1. The van der Waals surface area contributed by atoms with Crippen molar-refractivity contribution in [3.05, 3.63) is 32.8 Å². The Labute approximate surface area is 83.8 Å². The van der Waals surface area contributed by atoms with Crippen LogP contribution in [0.15, 0.2) is 16.6 Å². The molecule has 0 radical (unpaired) electrons. The summed E-state index contributed by atoms with van der Waals surface area (Å²) in [5.74, 6) is -0.457. The third-order valence-electron chi connectivity index (χ3n) is 1.59. The Balaban J connectivity index is 3.36. The standard InChI is InChI=1S/C8H7BrClNO/c1-4-6(10)3-2-5(7(4)9)8(11)12/h2-3H,1H3,(H2,11,12). The number of carbonyl (C=O) groups is 1. The molecule has 0 aliphatic carbocycles. The van der Waals surface area contributed by atoms with Gasteiger partial charge in [0.25, 0.3) is 0 Å². The van der Waals surface area contributed by atoms with Crippen LogP contribution in [0.2, 0.25) is 5.02 Å². The van der Waals surface area contributed by atoms with Gasteiger partial charge in [0.05, 0.1) is 5.56 Å². The highest BCUT2D eigenvalue weighted by atomic mass is 79.9. The highest BCUT2D eigenvalue weighted by Gasteiger charge is 2.09. The Morgan fingerprint density at radius 1 is 1.58 bits per heavy atom. The summed E-state index contributed by atoms with van der Waals surface area (Å²) >= 11 is 9.05. The molecule has 0 aliphatic heterocycles. The van der Waals surface area contributed by atoms with Gasteiger partial charge in [0.1, 0.15) is 0 Å². The molecule has 64 valence electrons. The fraction of sp³-hybridized carbons (Fsp3) is 0.125. The van der Waals surface area contributed by atoms with Crippen LogP contribution in [0.5, 0.6) is 0 Å². The molecule has 0 saturated carbocycles. The van der Waals surface area contributed by atoms with Crippen LogP contribution in [0.4, 0.5) is 0 Å². The van der Waals surface area contributed by atoms with Crippen molar-refractivity contribution in [2.24, 2.45) is 5.73 Å². The van der Waals surface area contributed by atoms with Crippen LogP contribution >= 0.6 is 27.5 Å². The van der Waals surface area contributed by atoms with Crippen LogP contribution in [0.1, 0.15) is 15.9 Å². The summed E-state index contributed by atoms with van der Waals surface area (Å²) in [5.41, 5.74) is 6.40. The molecule has 2 nitrogen and oxygen atoms in total. The Morgan fingerprint density at radius 3 is 2.67 bits per heavy atom. The minimum Gasteiger partial charge on any atom is -0.366 e. The first-order valence-corrected chi connectivity index (χ1v) is 4.45. The average molecular weight is 249 g/mol. The van der Waals surface area contributed by atoms with Crippen molar-refractivity contribution >= 4 is 33.4 Å². The minimum absolute atomic E-state index is 0.455. The maximum absolute atomic E-state index is 10.8. The molecule has 1 rings (SSSR count). The molecule has 4 heteroatoms. The maximum Gasteiger partial charge on any atom is 0.249 e. The zero-order valence-corrected chi connectivity index (χ0v) is 8.74. The van der Waals surface area contributed by atoms with E-state index in [2.05, 4.69) is 15.9 Å². The highest BCUT2D eigenvalue weighted by molar-refractivity contribution is 9.10. The summed E-state index contributed by atoms with van der Waals surface area (Å²) in [6.45, 7) is 1.82. The average Bonchev–Trinajstić information content (AvgIpc) is 2.00. The largest absolute Gasteiger partial charge is 0.366 e. The SMILES string of the molecule is Cc1c(Cl)ccc(C(N)=O)c1Br. The number of hydrogen-bond acceptors (Lipinski definition) is 1. The van der Waals surface area contributed by atoms with Crippen molar-refractivity contribution in [2.75, 3.05) is 0 Å². The molecule has 1 aromatic carbocycles. The van der Waals surface area contributed by atoms with Crippen molar-refractivity contribution in [1.29, 1.82) is 0 Å². The summed E-state index contributed by atoms with van der Waals surface area (Å²) in [6.07, 6.45) is 0. The van der Waals surface area contributed by atoms with Crippen molar-refractivity contribution in [2.45, 2.75) is 6.92 Å². The van der Waals surface area contributed by atoms with Gasteiger partial charge in [-0.05, 0) is 40.5 Å². The quantitative estimate of drug-likeness (QED) is 0.815. The predicted molar refractivity (Wildman–Crippen MR) is 52.4 cm³/mol. The van der Waals surface area contributed by atoms with E-state index >= 15 is 0 Å². The van der Waals surface area contributed by atoms with Gasteiger partial charge in [-0.25, -0.2) is 0 Å². The molecule has 1 aromatic rings. The number of primary amides is 1. The van der Waals surface area contributed by atoms with Gasteiger partial charge in [-0.3, -0.25) is 4.79 Å². The van der Waals surface area contributed by atoms with Crippen LogP contribution < -0.4 is 5.73 Å².